The van der Waals surface area contributed by atoms with Crippen molar-refractivity contribution in [3.05, 3.63) is 29.6 Å². The first-order valence-corrected chi connectivity index (χ1v) is 6.93. The van der Waals surface area contributed by atoms with E-state index in [1.54, 1.807) is 20.8 Å². The normalized spacial score (nSPS) is 13.5. The molecule has 0 heterocycles. The van der Waals surface area contributed by atoms with E-state index in [1.807, 2.05) is 0 Å². The number of carbonyl (C=O) groups is 1. The van der Waals surface area contributed by atoms with E-state index < -0.39 is 35.6 Å². The van der Waals surface area contributed by atoms with Crippen molar-refractivity contribution in [1.29, 1.82) is 0 Å². The Morgan fingerprint density at radius 1 is 1.29 bits per heavy atom. The van der Waals surface area contributed by atoms with Crippen LogP contribution in [-0.4, -0.2) is 41.7 Å². The van der Waals surface area contributed by atoms with E-state index in [1.165, 1.54) is 13.2 Å². The van der Waals surface area contributed by atoms with E-state index in [0.717, 1.165) is 17.0 Å². The minimum Gasteiger partial charge on any atom is -0.465 e. The fraction of sp³-hybridized carbons (Fsp3) is 0.533. The Morgan fingerprint density at radius 3 is 2.25 bits per heavy atom. The molecule has 9 heteroatoms. The van der Waals surface area contributed by atoms with E-state index in [9.17, 15) is 27.5 Å². The monoisotopic (exact) mass is 353 g/mol. The number of nitrogens with zero attached hydrogens (tertiary/aromatic N) is 1. The first-order valence-electron chi connectivity index (χ1n) is 6.93. The number of hydrogen-bond acceptors (Lipinski definition) is 3. The molecule has 0 saturated heterocycles. The molecular weight excluding hydrogens is 334 g/mol. The van der Waals surface area contributed by atoms with Crippen LogP contribution in [0.25, 0.3) is 0 Å². The number of alkyl halides is 3. The number of halogens is 4. The van der Waals surface area contributed by atoms with E-state index >= 15 is 0 Å². The maximum absolute atomic E-state index is 13.9. The Bertz CT molecular complexity index is 584. The second-order valence-corrected chi connectivity index (χ2v) is 6.03. The molecule has 0 aromatic heterocycles. The summed E-state index contributed by atoms with van der Waals surface area (Å²) in [4.78, 5) is 12.6. The predicted octanol–water partition coefficient (Wildman–Crippen LogP) is 4.19. The highest BCUT2D eigenvalue weighted by molar-refractivity contribution is 5.67. The lowest BCUT2D eigenvalue weighted by Gasteiger charge is -2.39. The quantitative estimate of drug-likeness (QED) is 0.807. The molecule has 0 spiro atoms. The van der Waals surface area contributed by atoms with Crippen LogP contribution < -0.4 is 4.74 Å². The van der Waals surface area contributed by atoms with Gasteiger partial charge >= 0.3 is 12.5 Å². The Morgan fingerprint density at radius 2 is 1.88 bits per heavy atom. The lowest BCUT2D eigenvalue weighted by molar-refractivity contribution is -0.275. The summed E-state index contributed by atoms with van der Waals surface area (Å²) in [6.45, 7) is 4.83. The standard InChI is InChI=1S/C15H19F4NO4/c1-14(2,3)20(13(21)22)11(8-23-4)9-5-6-12(10(16)7-9)24-15(17,18)19/h5-7,11H,8H2,1-4H3,(H,21,22). The average molecular weight is 353 g/mol. The van der Waals surface area contributed by atoms with Crippen LogP contribution in [0.4, 0.5) is 22.4 Å². The molecule has 1 aromatic rings. The van der Waals surface area contributed by atoms with Crippen LogP contribution in [0.3, 0.4) is 0 Å². The van der Waals surface area contributed by atoms with Crippen LogP contribution in [0, 0.1) is 5.82 Å². The molecule has 0 saturated carbocycles. The first kappa shape index (κ1) is 20.0. The van der Waals surface area contributed by atoms with Gasteiger partial charge in [-0.25, -0.2) is 9.18 Å². The zero-order valence-electron chi connectivity index (χ0n) is 13.6. The van der Waals surface area contributed by atoms with Crippen molar-refractivity contribution in [1.82, 2.24) is 4.90 Å². The minimum absolute atomic E-state index is 0.0948. The number of methoxy groups -OCH3 is 1. The Hall–Kier alpha value is -2.03. The summed E-state index contributed by atoms with van der Waals surface area (Å²) < 4.78 is 59.1. The number of hydrogen-bond donors (Lipinski definition) is 1. The van der Waals surface area contributed by atoms with Crippen LogP contribution in [-0.2, 0) is 4.74 Å². The zero-order valence-corrected chi connectivity index (χ0v) is 13.6. The van der Waals surface area contributed by atoms with Crippen LogP contribution in [0.2, 0.25) is 0 Å². The Labute approximate surface area is 136 Å². The number of ether oxygens (including phenoxy) is 2. The highest BCUT2D eigenvalue weighted by Gasteiger charge is 2.36. The lowest BCUT2D eigenvalue weighted by atomic mass is 9.98. The summed E-state index contributed by atoms with van der Waals surface area (Å²) in [5, 5.41) is 9.45. The fourth-order valence-electron chi connectivity index (χ4n) is 2.30. The van der Waals surface area contributed by atoms with Gasteiger partial charge in [-0.1, -0.05) is 6.07 Å². The van der Waals surface area contributed by atoms with Crippen LogP contribution in [0.15, 0.2) is 18.2 Å². The fourth-order valence-corrected chi connectivity index (χ4v) is 2.30. The van der Waals surface area contributed by atoms with Crippen molar-refractivity contribution in [2.75, 3.05) is 13.7 Å². The highest BCUT2D eigenvalue weighted by Crippen LogP contribution is 2.32. The molecular formula is C15H19F4NO4. The maximum Gasteiger partial charge on any atom is 0.573 e. The van der Waals surface area contributed by atoms with Gasteiger partial charge in [0.25, 0.3) is 0 Å². The van der Waals surface area contributed by atoms with Crippen molar-refractivity contribution < 1.29 is 36.9 Å². The van der Waals surface area contributed by atoms with Gasteiger partial charge in [0.05, 0.1) is 12.6 Å². The van der Waals surface area contributed by atoms with Gasteiger partial charge in [0.15, 0.2) is 11.6 Å². The van der Waals surface area contributed by atoms with E-state index in [-0.39, 0.29) is 12.2 Å². The van der Waals surface area contributed by atoms with Gasteiger partial charge in [-0.3, -0.25) is 4.90 Å². The molecule has 1 N–H and O–H groups in total. The van der Waals surface area contributed by atoms with Gasteiger partial charge in [0.2, 0.25) is 0 Å². The Balaban J connectivity index is 3.26. The minimum atomic E-state index is -5.02. The van der Waals surface area contributed by atoms with Crippen molar-refractivity contribution in [2.45, 2.75) is 38.7 Å². The second-order valence-electron chi connectivity index (χ2n) is 6.03. The summed E-state index contributed by atoms with van der Waals surface area (Å²) in [6, 6.07) is 1.90. The SMILES string of the molecule is COCC(c1ccc(OC(F)(F)F)c(F)c1)N(C(=O)O)C(C)(C)C. The Kier molecular flexibility index (Phi) is 6.04. The van der Waals surface area contributed by atoms with E-state index in [4.69, 9.17) is 4.74 Å². The van der Waals surface area contributed by atoms with Gasteiger partial charge in [-0.05, 0) is 38.5 Å². The van der Waals surface area contributed by atoms with Gasteiger partial charge < -0.3 is 14.6 Å². The molecule has 5 nitrogen and oxygen atoms in total. The third kappa shape index (κ3) is 5.26. The van der Waals surface area contributed by atoms with Crippen LogP contribution in [0.1, 0.15) is 32.4 Å². The summed E-state index contributed by atoms with van der Waals surface area (Å²) in [6.07, 6.45) is -6.28. The summed E-state index contributed by atoms with van der Waals surface area (Å²) in [7, 11) is 1.34. The third-order valence-electron chi connectivity index (χ3n) is 3.13. The van der Waals surface area contributed by atoms with Gasteiger partial charge in [0.1, 0.15) is 0 Å². The second kappa shape index (κ2) is 7.25. The summed E-state index contributed by atoms with van der Waals surface area (Å²) in [5.41, 5.74) is -0.687. The molecule has 24 heavy (non-hydrogen) atoms. The average Bonchev–Trinajstić information content (AvgIpc) is 2.37. The third-order valence-corrected chi connectivity index (χ3v) is 3.13. The molecule has 1 atom stereocenters. The first-order chi connectivity index (χ1) is 10.9. The summed E-state index contributed by atoms with van der Waals surface area (Å²) in [5.74, 6) is -2.23. The number of amides is 1. The molecule has 0 fully saturated rings. The van der Waals surface area contributed by atoms with E-state index in [2.05, 4.69) is 4.74 Å². The smallest absolute Gasteiger partial charge is 0.465 e. The molecule has 0 aliphatic rings. The van der Waals surface area contributed by atoms with Crippen molar-refractivity contribution in [3.8, 4) is 5.75 Å². The molecule has 1 aromatic carbocycles. The molecule has 1 amide bonds. The number of benzene rings is 1. The molecule has 1 unspecified atom stereocenters. The molecule has 0 bridgehead atoms. The molecule has 0 radical (unpaired) electrons. The van der Waals surface area contributed by atoms with Gasteiger partial charge in [-0.15, -0.1) is 13.2 Å². The van der Waals surface area contributed by atoms with Crippen molar-refractivity contribution >= 4 is 6.09 Å². The van der Waals surface area contributed by atoms with Crippen LogP contribution >= 0.6 is 0 Å². The predicted molar refractivity (Wildman–Crippen MR) is 77.3 cm³/mol. The summed E-state index contributed by atoms with van der Waals surface area (Å²) >= 11 is 0. The topological polar surface area (TPSA) is 59.0 Å². The maximum atomic E-state index is 13.9. The molecule has 1 rings (SSSR count). The highest BCUT2D eigenvalue weighted by atomic mass is 19.4. The molecule has 136 valence electrons. The van der Waals surface area contributed by atoms with Crippen LogP contribution in [0.5, 0.6) is 5.75 Å². The largest absolute Gasteiger partial charge is 0.573 e. The number of rotatable bonds is 5. The van der Waals surface area contributed by atoms with Crippen molar-refractivity contribution in [3.63, 3.8) is 0 Å². The molecule has 0 aliphatic carbocycles. The van der Waals surface area contributed by atoms with Gasteiger partial charge in [-0.2, -0.15) is 0 Å². The number of carboxylic acid groups (broad SMARTS) is 1. The van der Waals surface area contributed by atoms with E-state index in [0.29, 0.717) is 0 Å². The lowest BCUT2D eigenvalue weighted by Crippen LogP contribution is -2.48. The van der Waals surface area contributed by atoms with Crippen molar-refractivity contribution in [2.24, 2.45) is 0 Å². The zero-order chi connectivity index (χ0) is 18.7. The van der Waals surface area contributed by atoms with Gasteiger partial charge in [0, 0.05) is 12.6 Å². The molecule has 0 aliphatic heterocycles.